The molecule has 0 aliphatic heterocycles. The molecule has 0 aromatic heterocycles. The molecule has 0 radical (unpaired) electrons. The first-order chi connectivity index (χ1) is 30.3. The van der Waals surface area contributed by atoms with E-state index in [1.54, 1.807) is 4.90 Å². The number of nitrogens with two attached hydrogens (primary N) is 4. The molecule has 0 fully saturated rings. The van der Waals surface area contributed by atoms with E-state index in [2.05, 4.69) is 0 Å². The first-order valence-corrected chi connectivity index (χ1v) is 22.9. The van der Waals surface area contributed by atoms with E-state index in [9.17, 15) is 28.8 Å². The summed E-state index contributed by atoms with van der Waals surface area (Å²) in [4.78, 5) is 93.0. The van der Waals surface area contributed by atoms with Crippen LogP contribution >= 0.6 is 0 Å². The molecule has 0 unspecified atom stereocenters. The Morgan fingerprint density at radius 1 is 0.444 bits per heavy atom. The van der Waals surface area contributed by atoms with Crippen molar-refractivity contribution in [1.82, 2.24) is 29.4 Å². The lowest BCUT2D eigenvalue weighted by atomic mass is 10.1. The normalized spacial score (nSPS) is 12.1. The van der Waals surface area contributed by atoms with Gasteiger partial charge in [0.15, 0.2) is 0 Å². The van der Waals surface area contributed by atoms with Gasteiger partial charge in [-0.25, -0.2) is 0 Å². The topological polar surface area (TPSA) is 226 Å². The van der Waals surface area contributed by atoms with E-state index in [1.165, 1.54) is 26.5 Å². The van der Waals surface area contributed by atoms with Gasteiger partial charge in [-0.2, -0.15) is 0 Å². The van der Waals surface area contributed by atoms with Crippen LogP contribution in [0.2, 0.25) is 0 Å². The number of carbonyl (C=O) groups excluding carboxylic acids is 6. The molecule has 5 amide bonds. The van der Waals surface area contributed by atoms with Crippen molar-refractivity contribution in [3.63, 3.8) is 0 Å². The number of benzene rings is 2. The predicted octanol–water partition coefficient (Wildman–Crippen LogP) is 2.52. The summed E-state index contributed by atoms with van der Waals surface area (Å²) in [5.41, 5.74) is 24.8. The third-order valence-electron chi connectivity index (χ3n) is 11.3. The van der Waals surface area contributed by atoms with E-state index in [1.807, 2.05) is 86.3 Å². The lowest BCUT2D eigenvalue weighted by Crippen LogP contribution is -2.52. The summed E-state index contributed by atoms with van der Waals surface area (Å²) in [5.74, 6) is -2.10. The predicted molar refractivity (Wildman–Crippen MR) is 249 cm³/mol. The zero-order valence-corrected chi connectivity index (χ0v) is 38.6. The summed E-state index contributed by atoms with van der Waals surface area (Å²) >= 11 is 0. The maximum atomic E-state index is 14.5. The molecule has 63 heavy (non-hydrogen) atoms. The van der Waals surface area contributed by atoms with Gasteiger partial charge in [0.25, 0.3) is 0 Å². The average Bonchev–Trinajstić information content (AvgIpc) is 3.28. The van der Waals surface area contributed by atoms with Crippen LogP contribution in [0.3, 0.4) is 0 Å². The second kappa shape index (κ2) is 31.2. The first-order valence-electron chi connectivity index (χ1n) is 22.9. The number of ketones is 1. The molecular formula is C47H78N10O6. The van der Waals surface area contributed by atoms with Crippen LogP contribution in [0.4, 0.5) is 0 Å². The molecule has 16 nitrogen and oxygen atoms in total. The first kappa shape index (κ1) is 54.4. The van der Waals surface area contributed by atoms with Gasteiger partial charge in [0.2, 0.25) is 29.5 Å². The minimum atomic E-state index is -0.555. The minimum absolute atomic E-state index is 0.0956. The largest absolute Gasteiger partial charge is 0.334 e. The second-order valence-electron chi connectivity index (χ2n) is 16.2. The highest BCUT2D eigenvalue weighted by Crippen LogP contribution is 2.23. The lowest BCUT2D eigenvalue weighted by Gasteiger charge is -2.35. The molecule has 0 saturated carbocycles. The maximum absolute atomic E-state index is 14.5. The summed E-state index contributed by atoms with van der Waals surface area (Å²) in [7, 11) is 0. The van der Waals surface area contributed by atoms with Crippen LogP contribution in [0.25, 0.3) is 0 Å². The van der Waals surface area contributed by atoms with Crippen LogP contribution in [0.1, 0.15) is 102 Å². The highest BCUT2D eigenvalue weighted by atomic mass is 16.2. The molecule has 0 saturated heterocycles. The summed E-state index contributed by atoms with van der Waals surface area (Å²) < 4.78 is 0. The number of Topliss-reactive ketones (excluding diaryl/α,β-unsaturated/α-hetero) is 1. The van der Waals surface area contributed by atoms with Crippen LogP contribution in [0, 0.1) is 0 Å². The van der Waals surface area contributed by atoms with Gasteiger partial charge >= 0.3 is 0 Å². The fourth-order valence-electron chi connectivity index (χ4n) is 7.31. The molecule has 2 aromatic carbocycles. The van der Waals surface area contributed by atoms with Gasteiger partial charge in [-0.1, -0.05) is 67.6 Å². The lowest BCUT2D eigenvalue weighted by molar-refractivity contribution is -0.149. The van der Waals surface area contributed by atoms with Crippen LogP contribution in [-0.4, -0.2) is 163 Å². The van der Waals surface area contributed by atoms with E-state index < -0.39 is 35.7 Å². The molecule has 16 heteroatoms. The van der Waals surface area contributed by atoms with E-state index >= 15 is 0 Å². The highest BCUT2D eigenvalue weighted by Gasteiger charge is 2.32. The number of likely N-dealkylation sites (N-methyl/N-ethyl adjacent to an activating group) is 1. The van der Waals surface area contributed by atoms with Gasteiger partial charge in [0, 0.05) is 19.6 Å². The zero-order valence-electron chi connectivity index (χ0n) is 38.6. The highest BCUT2D eigenvalue weighted by molar-refractivity contribution is 5.92. The quantitative estimate of drug-likeness (QED) is 0.0763. The molecule has 0 aliphatic carbocycles. The van der Waals surface area contributed by atoms with Crippen molar-refractivity contribution in [2.75, 3.05) is 98.2 Å². The maximum Gasteiger partial charge on any atom is 0.243 e. The van der Waals surface area contributed by atoms with Crippen molar-refractivity contribution in [1.29, 1.82) is 0 Å². The van der Waals surface area contributed by atoms with Crippen molar-refractivity contribution in [3.8, 4) is 0 Å². The molecule has 0 aliphatic rings. The molecule has 2 atom stereocenters. The van der Waals surface area contributed by atoms with E-state index in [-0.39, 0.29) is 64.0 Å². The Morgan fingerprint density at radius 2 is 0.778 bits per heavy atom. The summed E-state index contributed by atoms with van der Waals surface area (Å²) in [6.45, 7) is 9.75. The van der Waals surface area contributed by atoms with E-state index in [0.717, 1.165) is 24.0 Å². The van der Waals surface area contributed by atoms with Crippen molar-refractivity contribution < 1.29 is 28.8 Å². The molecule has 0 bridgehead atoms. The number of hydrogen-bond donors (Lipinski definition) is 4. The molecule has 0 heterocycles. The molecule has 2 rings (SSSR count). The van der Waals surface area contributed by atoms with Crippen molar-refractivity contribution in [2.45, 2.75) is 91.1 Å². The summed E-state index contributed by atoms with van der Waals surface area (Å²) in [5, 5.41) is 0. The van der Waals surface area contributed by atoms with E-state index in [0.29, 0.717) is 84.3 Å². The third-order valence-corrected chi connectivity index (χ3v) is 11.3. The minimum Gasteiger partial charge on any atom is -0.334 e. The average molecular weight is 879 g/mol. The Kier molecular flexibility index (Phi) is 26.9. The van der Waals surface area contributed by atoms with E-state index in [4.69, 9.17) is 22.9 Å². The number of amides is 5. The number of rotatable bonds is 33. The third kappa shape index (κ3) is 20.1. The molecule has 352 valence electrons. The van der Waals surface area contributed by atoms with Crippen molar-refractivity contribution in [2.24, 2.45) is 22.9 Å². The Balaban J connectivity index is 2.48. The van der Waals surface area contributed by atoms with Crippen LogP contribution in [0.5, 0.6) is 0 Å². The molecular weight excluding hydrogens is 801 g/mol. The van der Waals surface area contributed by atoms with Crippen LogP contribution < -0.4 is 22.9 Å². The van der Waals surface area contributed by atoms with Crippen molar-refractivity contribution in [3.05, 3.63) is 71.8 Å². The Bertz CT molecular complexity index is 1650. The van der Waals surface area contributed by atoms with Gasteiger partial charge in [0.1, 0.15) is 18.9 Å². The monoisotopic (exact) mass is 879 g/mol. The standard InChI is InChI=1S/C47H78N10O6/c1-5-52(28-16-12-24-48)33-46(62)56(39(3)41-20-8-6-9-21-41)37-45(61)54(30-18-14-26-50)34-43(59)55(31-19-15-27-51)35-47(63)57(40(4)42-22-10-7-11-23-42)36-44(60)53(32-38(2)58)29-17-13-25-49/h6-11,20-23,39-40H,5,12-19,24-37,48-51H2,1-4H3/t39-,40-/m0/s1. The van der Waals surface area contributed by atoms with Gasteiger partial charge in [0.05, 0.1) is 38.3 Å². The van der Waals surface area contributed by atoms with Gasteiger partial charge in [-0.05, 0) is 123 Å². The summed E-state index contributed by atoms with van der Waals surface area (Å²) in [6.07, 6.45) is 5.20. The molecule has 0 spiro atoms. The number of carbonyl (C=O) groups is 6. The zero-order chi connectivity index (χ0) is 46.6. The Morgan fingerprint density at radius 3 is 1.14 bits per heavy atom. The second-order valence-corrected chi connectivity index (χ2v) is 16.2. The Labute approximate surface area is 376 Å². The van der Waals surface area contributed by atoms with Gasteiger partial charge in [-0.15, -0.1) is 0 Å². The van der Waals surface area contributed by atoms with Gasteiger partial charge < -0.3 is 47.4 Å². The van der Waals surface area contributed by atoms with Crippen LogP contribution in [0.15, 0.2) is 60.7 Å². The number of unbranched alkanes of at least 4 members (excludes halogenated alkanes) is 4. The Hall–Kier alpha value is -4.74. The van der Waals surface area contributed by atoms with Crippen molar-refractivity contribution >= 4 is 35.3 Å². The van der Waals surface area contributed by atoms with Gasteiger partial charge in [-0.3, -0.25) is 33.7 Å². The molecule has 8 N–H and O–H groups in total. The smallest absolute Gasteiger partial charge is 0.243 e. The number of nitrogens with zero attached hydrogens (tertiary/aromatic N) is 6. The fraction of sp³-hybridized carbons (Fsp3) is 0.617. The fourth-order valence-corrected chi connectivity index (χ4v) is 7.31. The SMILES string of the molecule is CCN(CCCCN)CC(=O)N(CC(=O)N(CCCCN)CC(=O)N(CCCCN)CC(=O)N(CC(=O)N(CCCCN)CC(C)=O)[C@@H](C)c1ccccc1)[C@@H](C)c1ccccc1. The van der Waals surface area contributed by atoms with Crippen LogP contribution in [-0.2, 0) is 28.8 Å². The number of hydrogen-bond acceptors (Lipinski definition) is 11. The molecule has 2 aromatic rings. The summed E-state index contributed by atoms with van der Waals surface area (Å²) in [6, 6.07) is 17.8.